The van der Waals surface area contributed by atoms with Crippen molar-refractivity contribution in [3.8, 4) is 11.5 Å². The number of halogens is 1. The molecule has 0 unspecified atom stereocenters. The standard InChI is InChI=1S/C19H20BrNO5S/c1-24-12-8-10(9-13(25-2)16(12)20)17(22)21-18-15(19(23)26-3)11-6-4-5-7-14(11)27-18/h8-9H,4-7H2,1-3H3,(H,21,22). The third-order valence-electron chi connectivity index (χ3n) is 4.50. The highest BCUT2D eigenvalue weighted by atomic mass is 79.9. The second-order valence-corrected chi connectivity index (χ2v) is 7.95. The normalized spacial score (nSPS) is 12.9. The zero-order chi connectivity index (χ0) is 19.6. The summed E-state index contributed by atoms with van der Waals surface area (Å²) in [4.78, 5) is 26.3. The molecule has 1 aromatic heterocycles. The van der Waals surface area contributed by atoms with Gasteiger partial charge in [-0.15, -0.1) is 11.3 Å². The van der Waals surface area contributed by atoms with Crippen molar-refractivity contribution in [1.82, 2.24) is 0 Å². The summed E-state index contributed by atoms with van der Waals surface area (Å²) < 4.78 is 16.2. The molecular formula is C19H20BrNO5S. The number of aryl methyl sites for hydroxylation is 1. The number of hydrogen-bond donors (Lipinski definition) is 1. The van der Waals surface area contributed by atoms with E-state index in [0.717, 1.165) is 36.1 Å². The van der Waals surface area contributed by atoms with Crippen molar-refractivity contribution in [3.05, 3.63) is 38.2 Å². The van der Waals surface area contributed by atoms with E-state index < -0.39 is 5.97 Å². The lowest BCUT2D eigenvalue weighted by Crippen LogP contribution is -2.15. The fourth-order valence-electron chi connectivity index (χ4n) is 3.15. The number of amides is 1. The highest BCUT2D eigenvalue weighted by Gasteiger charge is 2.27. The van der Waals surface area contributed by atoms with Crippen LogP contribution in [0.5, 0.6) is 11.5 Å². The average molecular weight is 454 g/mol. The summed E-state index contributed by atoms with van der Waals surface area (Å²) in [5.74, 6) is 0.204. The molecule has 0 saturated carbocycles. The Balaban J connectivity index is 1.97. The Hall–Kier alpha value is -2.06. The van der Waals surface area contributed by atoms with Crippen molar-refractivity contribution in [1.29, 1.82) is 0 Å². The van der Waals surface area contributed by atoms with Gasteiger partial charge in [0, 0.05) is 10.4 Å². The molecule has 0 saturated heterocycles. The number of rotatable bonds is 5. The summed E-state index contributed by atoms with van der Waals surface area (Å²) in [6.45, 7) is 0. The molecule has 1 amide bonds. The summed E-state index contributed by atoms with van der Waals surface area (Å²) >= 11 is 4.84. The lowest BCUT2D eigenvalue weighted by molar-refractivity contribution is 0.0601. The number of carbonyl (C=O) groups is 2. The number of methoxy groups -OCH3 is 3. The first kappa shape index (κ1) is 19.7. The molecule has 1 aliphatic rings. The SMILES string of the molecule is COC(=O)c1c(NC(=O)c2cc(OC)c(Br)c(OC)c2)sc2c1CCCC2. The van der Waals surface area contributed by atoms with Crippen molar-refractivity contribution in [2.75, 3.05) is 26.6 Å². The van der Waals surface area contributed by atoms with Gasteiger partial charge in [0.15, 0.2) is 0 Å². The van der Waals surface area contributed by atoms with Gasteiger partial charge in [0.1, 0.15) is 21.0 Å². The van der Waals surface area contributed by atoms with Crippen LogP contribution >= 0.6 is 27.3 Å². The third-order valence-corrected chi connectivity index (χ3v) is 6.48. The van der Waals surface area contributed by atoms with Crippen LogP contribution in [0.3, 0.4) is 0 Å². The van der Waals surface area contributed by atoms with E-state index in [-0.39, 0.29) is 5.91 Å². The Labute approximate surface area is 169 Å². The van der Waals surface area contributed by atoms with Gasteiger partial charge in [-0.05, 0) is 59.3 Å². The molecule has 27 heavy (non-hydrogen) atoms. The number of esters is 1. The molecule has 0 bridgehead atoms. The van der Waals surface area contributed by atoms with Crippen LogP contribution in [0.4, 0.5) is 5.00 Å². The molecule has 8 heteroatoms. The van der Waals surface area contributed by atoms with Crippen LogP contribution in [-0.4, -0.2) is 33.2 Å². The first-order valence-electron chi connectivity index (χ1n) is 8.45. The minimum atomic E-state index is -0.421. The van der Waals surface area contributed by atoms with E-state index in [9.17, 15) is 9.59 Å². The molecular weight excluding hydrogens is 434 g/mol. The van der Waals surface area contributed by atoms with E-state index in [4.69, 9.17) is 14.2 Å². The number of thiophene rings is 1. The molecule has 0 spiro atoms. The summed E-state index contributed by atoms with van der Waals surface area (Å²) in [6, 6.07) is 3.24. The molecule has 3 rings (SSSR count). The van der Waals surface area contributed by atoms with Crippen LogP contribution in [0.15, 0.2) is 16.6 Å². The number of benzene rings is 1. The quantitative estimate of drug-likeness (QED) is 0.676. The predicted octanol–water partition coefficient (Wildman–Crippen LogP) is 4.45. The Kier molecular flexibility index (Phi) is 6.06. The monoisotopic (exact) mass is 453 g/mol. The molecule has 0 fully saturated rings. The van der Waals surface area contributed by atoms with Gasteiger partial charge in [-0.2, -0.15) is 0 Å². The Morgan fingerprint density at radius 2 is 1.70 bits per heavy atom. The lowest BCUT2D eigenvalue weighted by atomic mass is 9.95. The molecule has 6 nitrogen and oxygen atoms in total. The summed E-state index contributed by atoms with van der Waals surface area (Å²) in [6.07, 6.45) is 3.86. The average Bonchev–Trinajstić information content (AvgIpc) is 3.05. The molecule has 2 aromatic rings. The first-order valence-corrected chi connectivity index (χ1v) is 10.1. The van der Waals surface area contributed by atoms with Crippen LogP contribution in [0.1, 0.15) is 44.0 Å². The molecule has 0 radical (unpaired) electrons. The third kappa shape index (κ3) is 3.82. The summed E-state index contributed by atoms with van der Waals surface area (Å²) in [5.41, 5.74) is 1.84. The van der Waals surface area contributed by atoms with E-state index in [2.05, 4.69) is 21.2 Å². The second kappa shape index (κ2) is 8.31. The number of ether oxygens (including phenoxy) is 3. The van der Waals surface area contributed by atoms with Crippen molar-refractivity contribution >= 4 is 44.1 Å². The molecule has 0 atom stereocenters. The van der Waals surface area contributed by atoms with E-state index in [1.807, 2.05) is 0 Å². The number of anilines is 1. The fourth-order valence-corrected chi connectivity index (χ4v) is 4.97. The largest absolute Gasteiger partial charge is 0.495 e. The van der Waals surface area contributed by atoms with Gasteiger partial charge < -0.3 is 19.5 Å². The second-order valence-electron chi connectivity index (χ2n) is 6.06. The highest BCUT2D eigenvalue weighted by Crippen LogP contribution is 2.40. The summed E-state index contributed by atoms with van der Waals surface area (Å²) in [5, 5.41) is 3.40. The highest BCUT2D eigenvalue weighted by molar-refractivity contribution is 9.10. The molecule has 1 N–H and O–H groups in total. The number of fused-ring (bicyclic) bond motifs is 1. The van der Waals surface area contributed by atoms with E-state index in [0.29, 0.717) is 32.1 Å². The zero-order valence-corrected chi connectivity index (χ0v) is 17.7. The maximum atomic E-state index is 12.9. The van der Waals surface area contributed by atoms with Crippen molar-refractivity contribution in [2.24, 2.45) is 0 Å². The van der Waals surface area contributed by atoms with Crippen LogP contribution in [0.2, 0.25) is 0 Å². The molecule has 144 valence electrons. The minimum Gasteiger partial charge on any atom is -0.495 e. The van der Waals surface area contributed by atoms with Crippen molar-refractivity contribution < 1.29 is 23.8 Å². The van der Waals surface area contributed by atoms with E-state index in [1.54, 1.807) is 12.1 Å². The molecule has 0 aliphatic heterocycles. The fraction of sp³-hybridized carbons (Fsp3) is 0.368. The Morgan fingerprint density at radius 1 is 1.07 bits per heavy atom. The number of nitrogens with one attached hydrogen (secondary N) is 1. The summed E-state index contributed by atoms with van der Waals surface area (Å²) in [7, 11) is 4.39. The van der Waals surface area contributed by atoms with Gasteiger partial charge >= 0.3 is 5.97 Å². The van der Waals surface area contributed by atoms with E-state index >= 15 is 0 Å². The van der Waals surface area contributed by atoms with Gasteiger partial charge in [-0.3, -0.25) is 4.79 Å². The van der Waals surface area contributed by atoms with Gasteiger partial charge in [-0.25, -0.2) is 4.79 Å². The predicted molar refractivity (Wildman–Crippen MR) is 107 cm³/mol. The maximum absolute atomic E-state index is 12.9. The minimum absolute atomic E-state index is 0.345. The van der Waals surface area contributed by atoms with Gasteiger partial charge in [0.25, 0.3) is 5.91 Å². The Bertz CT molecular complexity index is 867. The first-order chi connectivity index (χ1) is 13.0. The smallest absolute Gasteiger partial charge is 0.341 e. The molecule has 1 heterocycles. The van der Waals surface area contributed by atoms with Gasteiger partial charge in [-0.1, -0.05) is 0 Å². The van der Waals surface area contributed by atoms with Crippen LogP contribution in [-0.2, 0) is 17.6 Å². The van der Waals surface area contributed by atoms with E-state index in [1.165, 1.54) is 32.7 Å². The lowest BCUT2D eigenvalue weighted by Gasteiger charge is -2.12. The van der Waals surface area contributed by atoms with Crippen molar-refractivity contribution in [2.45, 2.75) is 25.7 Å². The van der Waals surface area contributed by atoms with Crippen molar-refractivity contribution in [3.63, 3.8) is 0 Å². The molecule has 1 aliphatic carbocycles. The Morgan fingerprint density at radius 3 is 2.30 bits per heavy atom. The van der Waals surface area contributed by atoms with Crippen LogP contribution in [0.25, 0.3) is 0 Å². The maximum Gasteiger partial charge on any atom is 0.341 e. The topological polar surface area (TPSA) is 73.9 Å². The van der Waals surface area contributed by atoms with Crippen LogP contribution < -0.4 is 14.8 Å². The van der Waals surface area contributed by atoms with Gasteiger partial charge in [0.2, 0.25) is 0 Å². The van der Waals surface area contributed by atoms with Gasteiger partial charge in [0.05, 0.1) is 26.9 Å². The number of hydrogen-bond acceptors (Lipinski definition) is 6. The zero-order valence-electron chi connectivity index (χ0n) is 15.3. The molecule has 1 aromatic carbocycles. The number of carbonyl (C=O) groups excluding carboxylic acids is 2. The van der Waals surface area contributed by atoms with Crippen LogP contribution in [0, 0.1) is 0 Å².